The van der Waals surface area contributed by atoms with Crippen molar-refractivity contribution in [3.05, 3.63) is 126 Å². The number of pyridine rings is 1. The normalized spacial score (nSPS) is 13.4. The van der Waals surface area contributed by atoms with Gasteiger partial charge < -0.3 is 14.0 Å². The molecule has 46 heavy (non-hydrogen) atoms. The number of benzene rings is 4. The second-order valence-electron chi connectivity index (χ2n) is 13.7. The van der Waals surface area contributed by atoms with Crippen LogP contribution in [0.25, 0.3) is 61.7 Å². The van der Waals surface area contributed by atoms with Gasteiger partial charge in [0, 0.05) is 31.7 Å². The first-order valence-corrected chi connectivity index (χ1v) is 15.5. The standard InChI is InChI=1S/C22H20NO.C19H17N2.Ir/c1-22(2,3)14-15-11-12-23-19(13-15)18-9-6-8-17-16-7-4-5-10-20(16)24-21(17)18;1-13-11-15-9-10-19(2,3)21-17(15)16(12-13)20-18(21)14-7-5-4-6-8-14;/h4-8,10-13H,14H2,1-3H3;4-7,9-12H,1-3H3;/q2*-1;. The van der Waals surface area contributed by atoms with E-state index in [1.54, 1.807) is 0 Å². The topological polar surface area (TPSA) is 43.9 Å². The van der Waals surface area contributed by atoms with Crippen LogP contribution in [0.3, 0.4) is 0 Å². The fourth-order valence-corrected chi connectivity index (χ4v) is 6.37. The van der Waals surface area contributed by atoms with Crippen molar-refractivity contribution >= 4 is 39.0 Å². The number of allylic oxidation sites excluding steroid dienone is 1. The molecule has 0 aliphatic carbocycles. The monoisotopic (exact) mass is 780 g/mol. The summed E-state index contributed by atoms with van der Waals surface area (Å²) >= 11 is 0. The van der Waals surface area contributed by atoms with Gasteiger partial charge in [-0.2, -0.15) is 0 Å². The summed E-state index contributed by atoms with van der Waals surface area (Å²) in [6, 6.07) is 35.5. The fourth-order valence-electron chi connectivity index (χ4n) is 6.37. The zero-order valence-corrected chi connectivity index (χ0v) is 29.5. The average Bonchev–Trinajstić information content (AvgIpc) is 3.59. The Morgan fingerprint density at radius 3 is 2.48 bits per heavy atom. The number of hydrogen-bond donors (Lipinski definition) is 0. The molecule has 0 saturated heterocycles. The summed E-state index contributed by atoms with van der Waals surface area (Å²) in [6.07, 6.45) is 7.36. The molecule has 8 rings (SSSR count). The summed E-state index contributed by atoms with van der Waals surface area (Å²) in [4.78, 5) is 9.47. The van der Waals surface area contributed by atoms with Crippen molar-refractivity contribution in [1.82, 2.24) is 14.5 Å². The summed E-state index contributed by atoms with van der Waals surface area (Å²) < 4.78 is 8.44. The van der Waals surface area contributed by atoms with Crippen LogP contribution in [0.4, 0.5) is 0 Å². The van der Waals surface area contributed by atoms with E-state index in [4.69, 9.17) is 9.40 Å². The van der Waals surface area contributed by atoms with E-state index < -0.39 is 0 Å². The summed E-state index contributed by atoms with van der Waals surface area (Å²) in [5, 5.41) is 2.25. The van der Waals surface area contributed by atoms with Crippen LogP contribution in [0, 0.1) is 24.5 Å². The van der Waals surface area contributed by atoms with Gasteiger partial charge in [-0.3, -0.25) is 4.98 Å². The molecule has 3 aromatic heterocycles. The van der Waals surface area contributed by atoms with Crippen molar-refractivity contribution in [2.24, 2.45) is 5.41 Å². The third-order valence-corrected chi connectivity index (χ3v) is 8.28. The quantitative estimate of drug-likeness (QED) is 0.168. The molecule has 0 saturated carbocycles. The van der Waals surface area contributed by atoms with E-state index in [2.05, 4.69) is 118 Å². The number of hydrogen-bond acceptors (Lipinski definition) is 3. The van der Waals surface area contributed by atoms with Gasteiger partial charge >= 0.3 is 0 Å². The molecule has 1 aliphatic rings. The van der Waals surface area contributed by atoms with E-state index in [0.717, 1.165) is 56.5 Å². The molecule has 1 radical (unpaired) electrons. The Morgan fingerprint density at radius 2 is 1.70 bits per heavy atom. The van der Waals surface area contributed by atoms with Crippen LogP contribution in [0.15, 0.2) is 102 Å². The molecule has 4 nitrogen and oxygen atoms in total. The molecule has 0 spiro atoms. The maximum absolute atomic E-state index is 6.11. The number of nitrogens with zero attached hydrogens (tertiary/aromatic N) is 3. The molecule has 4 aromatic carbocycles. The second-order valence-corrected chi connectivity index (χ2v) is 13.7. The number of para-hydroxylation sites is 1. The van der Waals surface area contributed by atoms with Gasteiger partial charge in [-0.15, -0.1) is 54.1 Å². The van der Waals surface area contributed by atoms with E-state index in [-0.39, 0.29) is 31.1 Å². The largest absolute Gasteiger partial charge is 0.501 e. The van der Waals surface area contributed by atoms with E-state index in [9.17, 15) is 0 Å². The smallest absolute Gasteiger partial charge is 0.120 e. The van der Waals surface area contributed by atoms with E-state index in [0.29, 0.717) is 0 Å². The minimum Gasteiger partial charge on any atom is -0.501 e. The van der Waals surface area contributed by atoms with Gasteiger partial charge in [0.1, 0.15) is 5.58 Å². The van der Waals surface area contributed by atoms with Crippen molar-refractivity contribution < 1.29 is 24.5 Å². The van der Waals surface area contributed by atoms with Crippen molar-refractivity contribution in [3.8, 4) is 22.6 Å². The molecule has 0 atom stereocenters. The van der Waals surface area contributed by atoms with Gasteiger partial charge in [0.15, 0.2) is 0 Å². The third kappa shape index (κ3) is 5.98. The number of aryl methyl sites for hydroxylation is 1. The van der Waals surface area contributed by atoms with Crippen molar-refractivity contribution in [3.63, 3.8) is 0 Å². The summed E-state index contributed by atoms with van der Waals surface area (Å²) in [7, 11) is 0. The maximum Gasteiger partial charge on any atom is 0.120 e. The molecule has 0 N–H and O–H groups in total. The first-order chi connectivity index (χ1) is 21.6. The fraction of sp³-hybridized carbons (Fsp3) is 0.220. The van der Waals surface area contributed by atoms with Crippen LogP contribution in [-0.2, 0) is 32.1 Å². The predicted molar refractivity (Wildman–Crippen MR) is 186 cm³/mol. The molecular formula is C41H37IrN3O-2. The van der Waals surface area contributed by atoms with E-state index in [1.165, 1.54) is 22.2 Å². The molecule has 0 fully saturated rings. The van der Waals surface area contributed by atoms with Gasteiger partial charge in [-0.1, -0.05) is 73.7 Å². The molecule has 0 amide bonds. The number of fused-ring (bicyclic) bond motifs is 3. The molecule has 0 bridgehead atoms. The van der Waals surface area contributed by atoms with Crippen molar-refractivity contribution in [2.75, 3.05) is 0 Å². The number of rotatable bonds is 3. The van der Waals surface area contributed by atoms with E-state index in [1.807, 2.05) is 48.7 Å². The van der Waals surface area contributed by atoms with Crippen molar-refractivity contribution in [2.45, 2.75) is 53.5 Å². The van der Waals surface area contributed by atoms with Crippen LogP contribution in [-0.4, -0.2) is 14.5 Å². The minimum absolute atomic E-state index is 0. The minimum atomic E-state index is -0.0873. The van der Waals surface area contributed by atoms with Crippen LogP contribution in [0.2, 0.25) is 0 Å². The first-order valence-electron chi connectivity index (χ1n) is 15.5. The van der Waals surface area contributed by atoms with Crippen LogP contribution in [0.5, 0.6) is 0 Å². The number of imidazole rings is 1. The number of aromatic nitrogens is 3. The molecule has 233 valence electrons. The zero-order chi connectivity index (χ0) is 31.3. The first kappa shape index (κ1) is 31.7. The molecular weight excluding hydrogens is 743 g/mol. The van der Waals surface area contributed by atoms with Gasteiger partial charge in [0.05, 0.1) is 28.0 Å². The SMILES string of the molecule is CC(C)(C)Cc1ccnc(-c2[c-]ccc3c2oc2ccccc23)c1.Cc1cc2c3c(c1)nc(-c1[c-]cccc1)n3C(C)(C)C=C2.[Ir]. The molecule has 1 aliphatic heterocycles. The Kier molecular flexibility index (Phi) is 8.35. The summed E-state index contributed by atoms with van der Waals surface area (Å²) in [5.41, 5.74) is 10.9. The van der Waals surface area contributed by atoms with Crippen LogP contribution >= 0.6 is 0 Å². The average molecular weight is 780 g/mol. The molecule has 0 unspecified atom stereocenters. The Morgan fingerprint density at radius 1 is 0.891 bits per heavy atom. The zero-order valence-electron chi connectivity index (χ0n) is 27.1. The van der Waals surface area contributed by atoms with Gasteiger partial charge in [0.2, 0.25) is 0 Å². The Bertz CT molecular complexity index is 2210. The Labute approximate surface area is 284 Å². The van der Waals surface area contributed by atoms with Gasteiger partial charge in [-0.05, 0) is 73.7 Å². The maximum atomic E-state index is 6.11. The number of furan rings is 1. The summed E-state index contributed by atoms with van der Waals surface area (Å²) in [6.45, 7) is 13.3. The van der Waals surface area contributed by atoms with Gasteiger partial charge in [-0.25, -0.2) is 0 Å². The Balaban J connectivity index is 0.000000159. The Hall–Kier alpha value is -4.31. The second kappa shape index (κ2) is 12.1. The molecule has 4 heterocycles. The molecule has 7 aromatic rings. The van der Waals surface area contributed by atoms with Gasteiger partial charge in [0.25, 0.3) is 0 Å². The molecule has 5 heteroatoms. The van der Waals surface area contributed by atoms with Crippen LogP contribution in [0.1, 0.15) is 51.3 Å². The van der Waals surface area contributed by atoms with Crippen molar-refractivity contribution in [1.29, 1.82) is 0 Å². The summed E-state index contributed by atoms with van der Waals surface area (Å²) in [5.74, 6) is 0.992. The van der Waals surface area contributed by atoms with E-state index >= 15 is 0 Å². The predicted octanol–water partition coefficient (Wildman–Crippen LogP) is 10.6. The van der Waals surface area contributed by atoms with Crippen LogP contribution < -0.4 is 0 Å². The third-order valence-electron chi connectivity index (χ3n) is 8.28.